The number of thioether (sulfide) groups is 1. The fourth-order valence-corrected chi connectivity index (χ4v) is 2.75. The molecule has 0 radical (unpaired) electrons. The van der Waals surface area contributed by atoms with Crippen molar-refractivity contribution in [1.29, 1.82) is 0 Å². The number of anilines is 1. The van der Waals surface area contributed by atoms with Crippen molar-refractivity contribution in [2.75, 3.05) is 30.9 Å². The molecule has 8 heteroatoms. The third-order valence-corrected chi connectivity index (χ3v) is 4.05. The van der Waals surface area contributed by atoms with Gasteiger partial charge in [-0.2, -0.15) is 0 Å². The summed E-state index contributed by atoms with van der Waals surface area (Å²) in [4.78, 5) is 22.5. The largest absolute Gasteiger partial charge is 0.462 e. The van der Waals surface area contributed by atoms with Gasteiger partial charge in [0.2, 0.25) is 0 Å². The van der Waals surface area contributed by atoms with Gasteiger partial charge in [0.1, 0.15) is 11.4 Å². The Morgan fingerprint density at radius 1 is 1.36 bits per heavy atom. The van der Waals surface area contributed by atoms with Gasteiger partial charge in [-0.15, -0.1) is 0 Å². The maximum absolute atomic E-state index is 13.3. The van der Waals surface area contributed by atoms with Crippen LogP contribution in [0.25, 0.3) is 0 Å². The van der Waals surface area contributed by atoms with E-state index in [1.54, 1.807) is 18.7 Å². The maximum Gasteiger partial charge on any atom is 0.343 e. The summed E-state index contributed by atoms with van der Waals surface area (Å²) in [6, 6.07) is 0. The zero-order chi connectivity index (χ0) is 16.3. The van der Waals surface area contributed by atoms with Crippen LogP contribution in [0, 0.1) is 6.92 Å². The lowest BCUT2D eigenvalue weighted by atomic mass is 10.1. The second-order valence-corrected chi connectivity index (χ2v) is 5.83. The predicted molar refractivity (Wildman–Crippen MR) is 80.9 cm³/mol. The number of aryl methyl sites for hydroxylation is 1. The van der Waals surface area contributed by atoms with E-state index in [4.69, 9.17) is 4.74 Å². The molecule has 0 atom stereocenters. The molecule has 22 heavy (non-hydrogen) atoms. The second kappa shape index (κ2) is 6.76. The summed E-state index contributed by atoms with van der Waals surface area (Å²) < 4.78 is 31.7. The summed E-state index contributed by atoms with van der Waals surface area (Å²) in [6.07, 6.45) is 1.34. The summed E-state index contributed by atoms with van der Waals surface area (Å²) in [5.74, 6) is -2.77. The van der Waals surface area contributed by atoms with Gasteiger partial charge < -0.3 is 9.64 Å². The van der Waals surface area contributed by atoms with Crippen LogP contribution in [-0.2, 0) is 4.74 Å². The van der Waals surface area contributed by atoms with Gasteiger partial charge in [-0.3, -0.25) is 0 Å². The Hall–Kier alpha value is -1.44. The van der Waals surface area contributed by atoms with E-state index in [1.807, 2.05) is 6.26 Å². The first-order valence-corrected chi connectivity index (χ1v) is 8.33. The van der Waals surface area contributed by atoms with Crippen molar-refractivity contribution < 1.29 is 18.3 Å². The minimum atomic E-state index is -2.65. The van der Waals surface area contributed by atoms with Crippen LogP contribution in [0.5, 0.6) is 0 Å². The van der Waals surface area contributed by atoms with E-state index in [0.717, 1.165) is 0 Å². The van der Waals surface area contributed by atoms with E-state index >= 15 is 0 Å². The SMILES string of the molecule is CCOC(=O)c1c(C)nc(SC)nc1N1CCC(F)(F)CC1. The fraction of sp³-hybridized carbons (Fsp3) is 0.643. The fourth-order valence-electron chi connectivity index (χ4n) is 2.34. The van der Waals surface area contributed by atoms with Gasteiger partial charge in [0, 0.05) is 25.9 Å². The van der Waals surface area contributed by atoms with Crippen molar-refractivity contribution in [3.8, 4) is 0 Å². The number of aromatic nitrogens is 2. The van der Waals surface area contributed by atoms with E-state index in [0.29, 0.717) is 16.7 Å². The molecule has 5 nitrogen and oxygen atoms in total. The van der Waals surface area contributed by atoms with E-state index in [2.05, 4.69) is 9.97 Å². The Kier molecular flexibility index (Phi) is 5.20. The van der Waals surface area contributed by atoms with Gasteiger partial charge in [-0.05, 0) is 20.1 Å². The van der Waals surface area contributed by atoms with Crippen LogP contribution >= 0.6 is 11.8 Å². The molecule has 0 aliphatic carbocycles. The van der Waals surface area contributed by atoms with Crippen LogP contribution in [-0.4, -0.2) is 47.8 Å². The number of ether oxygens (including phenoxy) is 1. The summed E-state index contributed by atoms with van der Waals surface area (Å²) >= 11 is 1.35. The smallest absolute Gasteiger partial charge is 0.343 e. The number of hydrogen-bond donors (Lipinski definition) is 0. The third-order valence-electron chi connectivity index (χ3n) is 3.51. The van der Waals surface area contributed by atoms with Gasteiger partial charge in [0.05, 0.1) is 12.3 Å². The number of esters is 1. The Morgan fingerprint density at radius 2 is 2.00 bits per heavy atom. The Bertz CT molecular complexity index is 559. The first-order chi connectivity index (χ1) is 10.4. The molecule has 1 aromatic heterocycles. The number of halogens is 2. The van der Waals surface area contributed by atoms with Crippen LogP contribution in [0.4, 0.5) is 14.6 Å². The molecule has 1 saturated heterocycles. The normalized spacial score (nSPS) is 17.4. The van der Waals surface area contributed by atoms with Gasteiger partial charge in [0.25, 0.3) is 5.92 Å². The molecule has 122 valence electrons. The number of rotatable bonds is 4. The highest BCUT2D eigenvalue weighted by Crippen LogP contribution is 2.32. The van der Waals surface area contributed by atoms with Crippen LogP contribution in [0.3, 0.4) is 0 Å². The van der Waals surface area contributed by atoms with Gasteiger partial charge >= 0.3 is 5.97 Å². The Morgan fingerprint density at radius 3 is 2.55 bits per heavy atom. The summed E-state index contributed by atoms with van der Waals surface area (Å²) in [7, 11) is 0. The average Bonchev–Trinajstić information content (AvgIpc) is 2.46. The van der Waals surface area contributed by atoms with Crippen molar-refractivity contribution in [2.45, 2.75) is 37.8 Å². The molecule has 1 fully saturated rings. The molecule has 2 rings (SSSR count). The molecule has 0 spiro atoms. The highest BCUT2D eigenvalue weighted by Gasteiger charge is 2.36. The first-order valence-electron chi connectivity index (χ1n) is 7.10. The highest BCUT2D eigenvalue weighted by atomic mass is 32.2. The van der Waals surface area contributed by atoms with Crippen LogP contribution in [0.1, 0.15) is 35.8 Å². The molecule has 0 aromatic carbocycles. The number of hydrogen-bond acceptors (Lipinski definition) is 6. The van der Waals surface area contributed by atoms with Gasteiger partial charge in [-0.25, -0.2) is 23.5 Å². The molecule has 0 saturated carbocycles. The molecular weight excluding hydrogens is 312 g/mol. The van der Waals surface area contributed by atoms with Crippen molar-refractivity contribution in [3.63, 3.8) is 0 Å². The number of nitrogens with zero attached hydrogens (tertiary/aromatic N) is 3. The minimum absolute atomic E-state index is 0.156. The first kappa shape index (κ1) is 16.9. The molecule has 0 bridgehead atoms. The van der Waals surface area contributed by atoms with Crippen LogP contribution < -0.4 is 4.90 Å². The lowest BCUT2D eigenvalue weighted by Gasteiger charge is -2.33. The quantitative estimate of drug-likeness (QED) is 0.480. The standard InChI is InChI=1S/C14H19F2N3O2S/c1-4-21-12(20)10-9(2)17-13(22-3)18-11(10)19-7-5-14(15,16)6-8-19/h4-8H2,1-3H3. The lowest BCUT2D eigenvalue weighted by Crippen LogP contribution is -2.40. The van der Waals surface area contributed by atoms with E-state index in [1.165, 1.54) is 11.8 Å². The van der Waals surface area contributed by atoms with Gasteiger partial charge in [-0.1, -0.05) is 11.8 Å². The van der Waals surface area contributed by atoms with Crippen LogP contribution in [0.2, 0.25) is 0 Å². The van der Waals surface area contributed by atoms with Crippen molar-refractivity contribution in [1.82, 2.24) is 9.97 Å². The van der Waals surface area contributed by atoms with Crippen molar-refractivity contribution in [2.24, 2.45) is 0 Å². The minimum Gasteiger partial charge on any atom is -0.462 e. The summed E-state index contributed by atoms with van der Waals surface area (Å²) in [5, 5.41) is 0.512. The number of carbonyl (C=O) groups is 1. The predicted octanol–water partition coefficient (Wildman–Crippen LogP) is 2.92. The highest BCUT2D eigenvalue weighted by molar-refractivity contribution is 7.98. The monoisotopic (exact) mass is 331 g/mol. The number of carbonyl (C=O) groups excluding carboxylic acids is 1. The molecule has 0 amide bonds. The lowest BCUT2D eigenvalue weighted by molar-refractivity contribution is -0.0221. The molecule has 2 heterocycles. The number of alkyl halides is 2. The van der Waals surface area contributed by atoms with Crippen molar-refractivity contribution >= 4 is 23.5 Å². The average molecular weight is 331 g/mol. The van der Waals surface area contributed by atoms with E-state index in [-0.39, 0.29) is 38.1 Å². The molecule has 1 aromatic rings. The van der Waals surface area contributed by atoms with Crippen LogP contribution in [0.15, 0.2) is 5.16 Å². The third kappa shape index (κ3) is 3.66. The molecule has 0 N–H and O–H groups in total. The molecular formula is C14H19F2N3O2S. The number of piperidine rings is 1. The summed E-state index contributed by atoms with van der Waals surface area (Å²) in [6.45, 7) is 3.97. The van der Waals surface area contributed by atoms with E-state index in [9.17, 15) is 13.6 Å². The molecule has 0 unspecified atom stereocenters. The zero-order valence-electron chi connectivity index (χ0n) is 12.9. The molecule has 1 aliphatic rings. The zero-order valence-corrected chi connectivity index (χ0v) is 13.7. The van der Waals surface area contributed by atoms with Gasteiger partial charge in [0.15, 0.2) is 5.16 Å². The Labute approximate surface area is 132 Å². The second-order valence-electron chi connectivity index (χ2n) is 5.06. The van der Waals surface area contributed by atoms with Crippen molar-refractivity contribution in [3.05, 3.63) is 11.3 Å². The maximum atomic E-state index is 13.3. The van der Waals surface area contributed by atoms with E-state index < -0.39 is 11.9 Å². The summed E-state index contributed by atoms with van der Waals surface area (Å²) in [5.41, 5.74) is 0.773. The molecule has 1 aliphatic heterocycles. The Balaban J connectivity index is 2.39. The topological polar surface area (TPSA) is 55.3 Å².